The maximum absolute atomic E-state index is 13.8. The molecule has 0 spiro atoms. The van der Waals surface area contributed by atoms with E-state index >= 15 is 0 Å². The lowest BCUT2D eigenvalue weighted by atomic mass is 10.1. The van der Waals surface area contributed by atoms with E-state index in [1.165, 1.54) is 6.08 Å². The van der Waals surface area contributed by atoms with Gasteiger partial charge >= 0.3 is 0 Å². The average molecular weight is 228 g/mol. The van der Waals surface area contributed by atoms with Crippen molar-refractivity contribution in [2.75, 3.05) is 0 Å². The summed E-state index contributed by atoms with van der Waals surface area (Å²) >= 11 is 0. The molecule has 0 saturated carbocycles. The van der Waals surface area contributed by atoms with E-state index < -0.39 is 11.9 Å². The molecule has 0 bridgehead atoms. The average Bonchev–Trinajstić information content (AvgIpc) is 2.40. The molecule has 2 aromatic carbocycles. The van der Waals surface area contributed by atoms with Crippen LogP contribution in [0.25, 0.3) is 6.08 Å². The predicted octanol–water partition coefficient (Wildman–Crippen LogP) is 3.73. The number of aliphatic hydroxyl groups excluding tert-OH is 1. The summed E-state index contributed by atoms with van der Waals surface area (Å²) in [4.78, 5) is 0. The zero-order valence-electron chi connectivity index (χ0n) is 9.25. The molecule has 0 aliphatic carbocycles. The molecule has 0 aliphatic heterocycles. The molecule has 2 heteroatoms. The normalized spacial score (nSPS) is 13.4. The van der Waals surface area contributed by atoms with Gasteiger partial charge in [0.1, 0.15) is 11.9 Å². The Morgan fingerprint density at radius 1 is 0.941 bits per heavy atom. The summed E-state index contributed by atoms with van der Waals surface area (Å²) in [7, 11) is 0. The third-order valence-electron chi connectivity index (χ3n) is 2.48. The van der Waals surface area contributed by atoms with Crippen molar-refractivity contribution in [3.63, 3.8) is 0 Å². The molecule has 2 aromatic rings. The van der Waals surface area contributed by atoms with E-state index in [0.717, 1.165) is 5.56 Å². The summed E-state index contributed by atoms with van der Waals surface area (Å²) in [5, 5.41) is 9.81. The molecule has 1 nitrogen and oxygen atoms in total. The number of hydrogen-bond acceptors (Lipinski definition) is 1. The van der Waals surface area contributed by atoms with Gasteiger partial charge < -0.3 is 5.11 Å². The highest BCUT2D eigenvalue weighted by Crippen LogP contribution is 2.24. The zero-order chi connectivity index (χ0) is 12.1. The fourth-order valence-electron chi connectivity index (χ4n) is 1.58. The monoisotopic (exact) mass is 228 g/mol. The molecule has 0 saturated heterocycles. The fourth-order valence-corrected chi connectivity index (χ4v) is 1.58. The minimum Gasteiger partial charge on any atom is -0.381 e. The Morgan fingerprint density at radius 2 is 1.47 bits per heavy atom. The summed E-state index contributed by atoms with van der Waals surface area (Å²) in [6.45, 7) is 0. The van der Waals surface area contributed by atoms with Crippen molar-refractivity contribution in [3.05, 3.63) is 77.6 Å². The second kappa shape index (κ2) is 5.41. The van der Waals surface area contributed by atoms with Gasteiger partial charge in [-0.15, -0.1) is 0 Å². The van der Waals surface area contributed by atoms with Crippen LogP contribution < -0.4 is 0 Å². The maximum atomic E-state index is 13.8. The van der Waals surface area contributed by atoms with Crippen LogP contribution in [0.3, 0.4) is 0 Å². The van der Waals surface area contributed by atoms with Crippen LogP contribution in [0.5, 0.6) is 0 Å². The lowest BCUT2D eigenvalue weighted by Gasteiger charge is -2.08. The van der Waals surface area contributed by atoms with Crippen LogP contribution in [0, 0.1) is 0 Å². The molecule has 0 aliphatic rings. The first kappa shape index (κ1) is 11.6. The number of aliphatic hydroxyl groups is 1. The molecule has 1 atom stereocenters. The van der Waals surface area contributed by atoms with Gasteiger partial charge in [-0.25, -0.2) is 4.39 Å². The molecule has 86 valence electrons. The highest BCUT2D eigenvalue weighted by atomic mass is 19.1. The highest BCUT2D eigenvalue weighted by Gasteiger charge is 2.12. The lowest BCUT2D eigenvalue weighted by molar-refractivity contribution is 0.188. The summed E-state index contributed by atoms with van der Waals surface area (Å²) in [5.74, 6) is -0.553. The molecule has 2 rings (SSSR count). The Morgan fingerprint density at radius 3 is 2.06 bits per heavy atom. The topological polar surface area (TPSA) is 20.2 Å². The van der Waals surface area contributed by atoms with E-state index in [1.54, 1.807) is 36.4 Å². The minimum absolute atomic E-state index is 0.553. The summed E-state index contributed by atoms with van der Waals surface area (Å²) in [6, 6.07) is 17.9. The Balaban J connectivity index is 2.21. The lowest BCUT2D eigenvalue weighted by Crippen LogP contribution is -1.97. The first-order chi connectivity index (χ1) is 8.27. The van der Waals surface area contributed by atoms with Crippen LogP contribution in [0.15, 0.2) is 66.5 Å². The van der Waals surface area contributed by atoms with E-state index in [-0.39, 0.29) is 0 Å². The van der Waals surface area contributed by atoms with Crippen molar-refractivity contribution in [1.82, 2.24) is 0 Å². The van der Waals surface area contributed by atoms with Crippen LogP contribution in [0.2, 0.25) is 0 Å². The van der Waals surface area contributed by atoms with Crippen molar-refractivity contribution in [2.45, 2.75) is 6.10 Å². The van der Waals surface area contributed by atoms with Crippen LogP contribution in [0.1, 0.15) is 17.2 Å². The molecule has 0 fully saturated rings. The van der Waals surface area contributed by atoms with E-state index in [1.807, 2.05) is 24.3 Å². The maximum Gasteiger partial charge on any atom is 0.134 e. The van der Waals surface area contributed by atoms with Gasteiger partial charge in [0.25, 0.3) is 0 Å². The first-order valence-corrected chi connectivity index (χ1v) is 5.42. The van der Waals surface area contributed by atoms with Gasteiger partial charge in [0.15, 0.2) is 0 Å². The van der Waals surface area contributed by atoms with E-state index in [2.05, 4.69) is 0 Å². The predicted molar refractivity (Wildman–Crippen MR) is 66.9 cm³/mol. The number of rotatable bonds is 3. The number of halogens is 1. The van der Waals surface area contributed by atoms with E-state index in [4.69, 9.17) is 0 Å². The Kier molecular flexibility index (Phi) is 3.68. The van der Waals surface area contributed by atoms with Crippen LogP contribution >= 0.6 is 0 Å². The van der Waals surface area contributed by atoms with Gasteiger partial charge in [-0.05, 0) is 17.2 Å². The number of hydrogen-bond donors (Lipinski definition) is 1. The first-order valence-electron chi connectivity index (χ1n) is 5.42. The molecule has 17 heavy (non-hydrogen) atoms. The van der Waals surface area contributed by atoms with Gasteiger partial charge in [-0.3, -0.25) is 0 Å². The smallest absolute Gasteiger partial charge is 0.134 e. The van der Waals surface area contributed by atoms with Crippen molar-refractivity contribution >= 4 is 6.08 Å². The summed E-state index contributed by atoms with van der Waals surface area (Å²) in [6.07, 6.45) is 0.147. The second-order valence-corrected chi connectivity index (χ2v) is 3.75. The SMILES string of the molecule is OC(/C(F)=C/c1ccccc1)c1ccccc1. The van der Waals surface area contributed by atoms with Crippen LogP contribution in [-0.2, 0) is 0 Å². The molecule has 0 heterocycles. The minimum atomic E-state index is -1.20. The molecule has 0 amide bonds. The molecule has 0 radical (unpaired) electrons. The second-order valence-electron chi connectivity index (χ2n) is 3.75. The largest absolute Gasteiger partial charge is 0.381 e. The molecule has 1 unspecified atom stereocenters. The third kappa shape index (κ3) is 3.02. The van der Waals surface area contributed by atoms with Crippen molar-refractivity contribution in [1.29, 1.82) is 0 Å². The summed E-state index contributed by atoms with van der Waals surface area (Å²) in [5.41, 5.74) is 1.29. The molecular weight excluding hydrogens is 215 g/mol. The van der Waals surface area contributed by atoms with Gasteiger partial charge in [-0.1, -0.05) is 60.7 Å². The van der Waals surface area contributed by atoms with Crippen LogP contribution in [-0.4, -0.2) is 5.11 Å². The van der Waals surface area contributed by atoms with Gasteiger partial charge in [-0.2, -0.15) is 0 Å². The van der Waals surface area contributed by atoms with Gasteiger partial charge in [0.2, 0.25) is 0 Å². The van der Waals surface area contributed by atoms with Gasteiger partial charge in [0, 0.05) is 0 Å². The Labute approximate surface area is 99.9 Å². The number of benzene rings is 2. The fraction of sp³-hybridized carbons (Fsp3) is 0.0667. The standard InChI is InChI=1S/C15H13FO/c16-14(11-12-7-3-1-4-8-12)15(17)13-9-5-2-6-10-13/h1-11,15,17H/b14-11-. The Hall–Kier alpha value is -1.93. The zero-order valence-corrected chi connectivity index (χ0v) is 9.25. The Bertz CT molecular complexity index is 491. The van der Waals surface area contributed by atoms with Gasteiger partial charge in [0.05, 0.1) is 0 Å². The van der Waals surface area contributed by atoms with E-state index in [9.17, 15) is 9.50 Å². The van der Waals surface area contributed by atoms with Crippen molar-refractivity contribution in [3.8, 4) is 0 Å². The van der Waals surface area contributed by atoms with Crippen molar-refractivity contribution in [2.24, 2.45) is 0 Å². The van der Waals surface area contributed by atoms with E-state index in [0.29, 0.717) is 5.56 Å². The van der Waals surface area contributed by atoms with Crippen molar-refractivity contribution < 1.29 is 9.50 Å². The molecular formula is C15H13FO. The third-order valence-corrected chi connectivity index (χ3v) is 2.48. The van der Waals surface area contributed by atoms with Crippen LogP contribution in [0.4, 0.5) is 4.39 Å². The highest BCUT2D eigenvalue weighted by molar-refractivity contribution is 5.52. The quantitative estimate of drug-likeness (QED) is 0.848. The molecule has 1 N–H and O–H groups in total. The summed E-state index contributed by atoms with van der Waals surface area (Å²) < 4.78 is 13.8. The molecule has 0 aromatic heterocycles.